The van der Waals surface area contributed by atoms with Gasteiger partial charge in [-0.25, -0.2) is 5.43 Å². The fourth-order valence-electron chi connectivity index (χ4n) is 2.52. The number of carbonyl (C=O) groups excluding carboxylic acids is 1. The van der Waals surface area contributed by atoms with Crippen LogP contribution in [0.15, 0.2) is 29.4 Å². The molecule has 1 saturated heterocycles. The Morgan fingerprint density at radius 1 is 1.52 bits per heavy atom. The first kappa shape index (κ1) is 14.3. The largest absolute Gasteiger partial charge is 0.378 e. The molecule has 2 aromatic rings. The van der Waals surface area contributed by atoms with Crippen LogP contribution in [-0.2, 0) is 16.6 Å². The maximum Gasteiger partial charge on any atom is 0.240 e. The molecule has 112 valence electrons. The molecule has 1 aliphatic heterocycles. The Kier molecular flexibility index (Phi) is 4.36. The normalized spacial score (nSPS) is 19.3. The lowest BCUT2D eigenvalue weighted by molar-refractivity contribution is -0.121. The summed E-state index contributed by atoms with van der Waals surface area (Å²) in [6.45, 7) is 0.828. The number of rotatable bonds is 4. The smallest absolute Gasteiger partial charge is 0.240 e. The van der Waals surface area contributed by atoms with Gasteiger partial charge in [0.15, 0.2) is 0 Å². The number of nitrogens with zero attached hydrogens (tertiary/aromatic N) is 2. The molecule has 0 saturated carbocycles. The fraction of sp³-hybridized carbons (Fsp3) is 0.467. The summed E-state index contributed by atoms with van der Waals surface area (Å²) in [7, 11) is 1.95. The van der Waals surface area contributed by atoms with Crippen molar-refractivity contribution in [1.29, 1.82) is 0 Å². The first-order chi connectivity index (χ1) is 10.2. The van der Waals surface area contributed by atoms with Crippen LogP contribution in [0, 0.1) is 0 Å². The van der Waals surface area contributed by atoms with Crippen molar-refractivity contribution >= 4 is 27.5 Å². The van der Waals surface area contributed by atoms with Crippen LogP contribution in [-0.4, -0.2) is 23.2 Å². The Morgan fingerprint density at radius 2 is 2.38 bits per heavy atom. The molecule has 0 radical (unpaired) electrons. The summed E-state index contributed by atoms with van der Waals surface area (Å²) in [5.41, 5.74) is 3.77. The minimum absolute atomic E-state index is 0.0528. The zero-order chi connectivity index (χ0) is 14.7. The Bertz CT molecular complexity index is 698. The molecule has 5 nitrogen and oxygen atoms in total. The van der Waals surface area contributed by atoms with E-state index >= 15 is 0 Å². The van der Waals surface area contributed by atoms with E-state index in [-0.39, 0.29) is 12.0 Å². The molecule has 0 aliphatic carbocycles. The Balaban J connectivity index is 1.63. The first-order valence-corrected chi connectivity index (χ1v) is 8.04. The van der Waals surface area contributed by atoms with Gasteiger partial charge < -0.3 is 9.30 Å². The van der Waals surface area contributed by atoms with Gasteiger partial charge in [0, 0.05) is 20.1 Å². The number of hydrogen-bond donors (Lipinski definition) is 1. The molecule has 1 aliphatic rings. The zero-order valence-electron chi connectivity index (χ0n) is 12.0. The van der Waals surface area contributed by atoms with Crippen LogP contribution in [0.2, 0.25) is 0 Å². The Labute approximate surface area is 127 Å². The Hall–Kier alpha value is -1.66. The lowest BCUT2D eigenvalue weighted by Gasteiger charge is -2.07. The van der Waals surface area contributed by atoms with E-state index in [1.165, 1.54) is 0 Å². The van der Waals surface area contributed by atoms with Gasteiger partial charge in [-0.2, -0.15) is 0 Å². The average molecular weight is 305 g/mol. The quantitative estimate of drug-likeness (QED) is 0.880. The molecule has 1 aromatic heterocycles. The van der Waals surface area contributed by atoms with Crippen LogP contribution >= 0.6 is 11.3 Å². The predicted octanol–water partition coefficient (Wildman–Crippen LogP) is 2.13. The number of ether oxygens (including phenoxy) is 1. The molecule has 21 heavy (non-hydrogen) atoms. The molecule has 1 aromatic carbocycles. The highest BCUT2D eigenvalue weighted by Gasteiger charge is 2.16. The van der Waals surface area contributed by atoms with Crippen molar-refractivity contribution in [3.8, 4) is 0 Å². The molecule has 1 N–H and O–H groups in total. The van der Waals surface area contributed by atoms with Gasteiger partial charge >= 0.3 is 0 Å². The standard InChI is InChI=1S/C15H19N3O2S/c1-18-12-6-2-3-7-13(12)21-15(18)17-16-14(19)9-8-11-5-4-10-20-11/h2-3,6-7,11H,4-5,8-10H2,1H3,(H,16,19)/t11-/m0/s1. The van der Waals surface area contributed by atoms with Gasteiger partial charge in [0.05, 0.1) is 16.3 Å². The van der Waals surface area contributed by atoms with Gasteiger partial charge in [-0.15, -0.1) is 5.10 Å². The lowest BCUT2D eigenvalue weighted by Crippen LogP contribution is -2.24. The predicted molar refractivity (Wildman–Crippen MR) is 82.7 cm³/mol. The van der Waals surface area contributed by atoms with Crippen LogP contribution in [0.1, 0.15) is 25.7 Å². The highest BCUT2D eigenvalue weighted by molar-refractivity contribution is 7.16. The molecular weight excluding hydrogens is 286 g/mol. The van der Waals surface area contributed by atoms with Gasteiger partial charge in [0.2, 0.25) is 10.7 Å². The van der Waals surface area contributed by atoms with E-state index in [4.69, 9.17) is 4.74 Å². The summed E-state index contributed by atoms with van der Waals surface area (Å²) in [5, 5.41) is 4.23. The molecule has 2 heterocycles. The van der Waals surface area contributed by atoms with Crippen molar-refractivity contribution in [2.24, 2.45) is 12.1 Å². The molecule has 6 heteroatoms. The second-order valence-corrected chi connectivity index (χ2v) is 6.24. The summed E-state index contributed by atoms with van der Waals surface area (Å²) in [4.78, 5) is 12.6. The number of aromatic nitrogens is 1. The summed E-state index contributed by atoms with van der Waals surface area (Å²) < 4.78 is 8.66. The molecule has 1 fully saturated rings. The van der Waals surface area contributed by atoms with Gasteiger partial charge in [-0.3, -0.25) is 4.79 Å². The average Bonchev–Trinajstić information content (AvgIpc) is 3.12. The van der Waals surface area contributed by atoms with Crippen LogP contribution in [0.25, 0.3) is 10.2 Å². The van der Waals surface area contributed by atoms with Crippen molar-refractivity contribution in [2.45, 2.75) is 31.8 Å². The van der Waals surface area contributed by atoms with E-state index in [9.17, 15) is 4.79 Å². The molecule has 0 bridgehead atoms. The fourth-order valence-corrected chi connectivity index (χ4v) is 3.50. The molecule has 0 unspecified atom stereocenters. The number of benzene rings is 1. The second-order valence-electron chi connectivity index (χ2n) is 5.23. The van der Waals surface area contributed by atoms with Crippen molar-refractivity contribution < 1.29 is 9.53 Å². The summed E-state index contributed by atoms with van der Waals surface area (Å²) in [5.74, 6) is -0.0528. The van der Waals surface area contributed by atoms with Crippen molar-refractivity contribution in [3.05, 3.63) is 29.1 Å². The summed E-state index contributed by atoms with van der Waals surface area (Å²) in [6.07, 6.45) is 3.66. The summed E-state index contributed by atoms with van der Waals surface area (Å²) >= 11 is 1.57. The van der Waals surface area contributed by atoms with Gasteiger partial charge in [0.25, 0.3) is 0 Å². The topological polar surface area (TPSA) is 55.6 Å². The van der Waals surface area contributed by atoms with E-state index in [1.54, 1.807) is 11.3 Å². The minimum Gasteiger partial charge on any atom is -0.378 e. The zero-order valence-corrected chi connectivity index (χ0v) is 12.9. The van der Waals surface area contributed by atoms with Crippen molar-refractivity contribution in [2.75, 3.05) is 6.61 Å². The number of aryl methyl sites for hydroxylation is 1. The molecular formula is C15H19N3O2S. The third-order valence-electron chi connectivity index (χ3n) is 3.71. The number of amides is 1. The van der Waals surface area contributed by atoms with Crippen molar-refractivity contribution in [3.63, 3.8) is 0 Å². The SMILES string of the molecule is Cn1c(=NNC(=O)CC[C@@H]2CCCO2)sc2ccccc21. The first-order valence-electron chi connectivity index (χ1n) is 7.23. The van der Waals surface area contributed by atoms with E-state index in [0.717, 1.165) is 40.9 Å². The van der Waals surface area contributed by atoms with Crippen molar-refractivity contribution in [1.82, 2.24) is 9.99 Å². The number of carbonyl (C=O) groups is 1. The number of fused-ring (bicyclic) bond motifs is 1. The van der Waals surface area contributed by atoms with E-state index in [2.05, 4.69) is 16.6 Å². The number of hydrogen-bond acceptors (Lipinski definition) is 4. The maximum absolute atomic E-state index is 11.8. The van der Waals surface area contributed by atoms with Crippen LogP contribution in [0.4, 0.5) is 0 Å². The second kappa shape index (κ2) is 6.41. The minimum atomic E-state index is -0.0528. The van der Waals surface area contributed by atoms with Crippen LogP contribution < -0.4 is 10.2 Å². The van der Waals surface area contributed by atoms with Crippen LogP contribution in [0.3, 0.4) is 0 Å². The van der Waals surface area contributed by atoms with Gasteiger partial charge in [-0.05, 0) is 31.4 Å². The third-order valence-corrected chi connectivity index (χ3v) is 4.82. The number of nitrogens with one attached hydrogen (secondary N) is 1. The highest BCUT2D eigenvalue weighted by atomic mass is 32.1. The number of para-hydroxylation sites is 1. The van der Waals surface area contributed by atoms with E-state index in [0.29, 0.717) is 6.42 Å². The van der Waals surface area contributed by atoms with Gasteiger partial charge in [-0.1, -0.05) is 23.5 Å². The van der Waals surface area contributed by atoms with Gasteiger partial charge in [0.1, 0.15) is 0 Å². The monoisotopic (exact) mass is 305 g/mol. The third kappa shape index (κ3) is 3.33. The molecule has 1 atom stereocenters. The number of thiazole rings is 1. The van der Waals surface area contributed by atoms with E-state index < -0.39 is 0 Å². The molecule has 0 spiro atoms. The maximum atomic E-state index is 11.8. The molecule has 3 rings (SSSR count). The lowest BCUT2D eigenvalue weighted by atomic mass is 10.1. The molecule has 1 amide bonds. The van der Waals surface area contributed by atoms with Crippen LogP contribution in [0.5, 0.6) is 0 Å². The summed E-state index contributed by atoms with van der Waals surface area (Å²) in [6, 6.07) is 8.10. The van der Waals surface area contributed by atoms with E-state index in [1.807, 2.05) is 29.8 Å². The Morgan fingerprint density at radius 3 is 3.14 bits per heavy atom. The highest BCUT2D eigenvalue weighted by Crippen LogP contribution is 2.17.